The smallest absolute Gasteiger partial charge is 0.162 e. The van der Waals surface area contributed by atoms with Gasteiger partial charge in [-0.3, -0.25) is 0 Å². The SMILES string of the molecule is CNC(Cc1cccc(F)c1F)c1ccc(F)c(F)c1. The minimum absolute atomic E-state index is 0.130. The van der Waals surface area contributed by atoms with E-state index in [4.69, 9.17) is 0 Å². The van der Waals surface area contributed by atoms with Crippen LogP contribution in [0.3, 0.4) is 0 Å². The van der Waals surface area contributed by atoms with Crippen molar-refractivity contribution in [1.82, 2.24) is 5.32 Å². The van der Waals surface area contributed by atoms with Gasteiger partial charge in [0.25, 0.3) is 0 Å². The number of likely N-dealkylation sites (N-methyl/N-ethyl adjacent to an activating group) is 1. The molecule has 1 N–H and O–H groups in total. The summed E-state index contributed by atoms with van der Waals surface area (Å²) in [4.78, 5) is 0. The lowest BCUT2D eigenvalue weighted by molar-refractivity contribution is 0.482. The summed E-state index contributed by atoms with van der Waals surface area (Å²) in [6.07, 6.45) is 0.130. The lowest BCUT2D eigenvalue weighted by Gasteiger charge is -2.17. The van der Waals surface area contributed by atoms with E-state index in [1.54, 1.807) is 7.05 Å². The average Bonchev–Trinajstić information content (AvgIpc) is 2.44. The standard InChI is InChI=1S/C15H13F4N/c1-20-14(9-5-6-11(16)13(18)7-9)8-10-3-2-4-12(17)15(10)19/h2-7,14,20H,8H2,1H3. The normalized spacial score (nSPS) is 12.4. The fourth-order valence-corrected chi connectivity index (χ4v) is 2.04. The third kappa shape index (κ3) is 2.99. The largest absolute Gasteiger partial charge is 0.313 e. The molecule has 0 amide bonds. The van der Waals surface area contributed by atoms with Gasteiger partial charge >= 0.3 is 0 Å². The van der Waals surface area contributed by atoms with E-state index in [0.29, 0.717) is 5.56 Å². The molecular weight excluding hydrogens is 270 g/mol. The zero-order valence-electron chi connectivity index (χ0n) is 10.8. The van der Waals surface area contributed by atoms with Crippen LogP contribution in [0.15, 0.2) is 36.4 Å². The van der Waals surface area contributed by atoms with E-state index in [1.807, 2.05) is 0 Å². The summed E-state index contributed by atoms with van der Waals surface area (Å²) in [6, 6.07) is 6.93. The van der Waals surface area contributed by atoms with Gasteiger partial charge in [0.1, 0.15) is 0 Å². The first-order valence-electron chi connectivity index (χ1n) is 6.08. The van der Waals surface area contributed by atoms with Crippen molar-refractivity contribution in [2.75, 3.05) is 7.05 Å². The van der Waals surface area contributed by atoms with Crippen LogP contribution >= 0.6 is 0 Å². The Bertz CT molecular complexity index is 613. The molecule has 0 radical (unpaired) electrons. The molecule has 20 heavy (non-hydrogen) atoms. The molecule has 0 aliphatic carbocycles. The van der Waals surface area contributed by atoms with E-state index in [1.165, 1.54) is 18.2 Å². The van der Waals surface area contributed by atoms with Crippen LogP contribution in [0.1, 0.15) is 17.2 Å². The molecule has 1 nitrogen and oxygen atoms in total. The van der Waals surface area contributed by atoms with E-state index >= 15 is 0 Å². The highest BCUT2D eigenvalue weighted by molar-refractivity contribution is 5.26. The highest BCUT2D eigenvalue weighted by Crippen LogP contribution is 2.22. The summed E-state index contributed by atoms with van der Waals surface area (Å²) < 4.78 is 52.9. The van der Waals surface area contributed by atoms with Gasteiger partial charge in [0, 0.05) is 6.04 Å². The molecule has 0 aliphatic heterocycles. The molecule has 1 unspecified atom stereocenters. The fourth-order valence-electron chi connectivity index (χ4n) is 2.04. The second-order valence-electron chi connectivity index (χ2n) is 4.43. The van der Waals surface area contributed by atoms with Gasteiger partial charge in [-0.15, -0.1) is 0 Å². The Kier molecular flexibility index (Phi) is 4.39. The average molecular weight is 283 g/mol. The molecule has 0 spiro atoms. The third-order valence-electron chi connectivity index (χ3n) is 3.15. The van der Waals surface area contributed by atoms with Gasteiger partial charge in [-0.25, -0.2) is 17.6 Å². The van der Waals surface area contributed by atoms with Crippen molar-refractivity contribution >= 4 is 0 Å². The van der Waals surface area contributed by atoms with Crippen LogP contribution in [-0.2, 0) is 6.42 Å². The molecule has 0 aliphatic rings. The number of rotatable bonds is 4. The second-order valence-corrected chi connectivity index (χ2v) is 4.43. The third-order valence-corrected chi connectivity index (χ3v) is 3.15. The van der Waals surface area contributed by atoms with Gasteiger partial charge in [-0.2, -0.15) is 0 Å². The minimum Gasteiger partial charge on any atom is -0.313 e. The molecule has 1 atom stereocenters. The second kappa shape index (κ2) is 6.05. The molecule has 106 valence electrons. The van der Waals surface area contributed by atoms with E-state index in [9.17, 15) is 17.6 Å². The molecule has 5 heteroatoms. The number of benzene rings is 2. The van der Waals surface area contributed by atoms with Gasteiger partial charge in [0.2, 0.25) is 0 Å². The fraction of sp³-hybridized carbons (Fsp3) is 0.200. The van der Waals surface area contributed by atoms with E-state index < -0.39 is 29.3 Å². The van der Waals surface area contributed by atoms with Crippen LogP contribution in [0, 0.1) is 23.3 Å². The van der Waals surface area contributed by atoms with Crippen LogP contribution in [0.2, 0.25) is 0 Å². The summed E-state index contributed by atoms with van der Waals surface area (Å²) in [5.74, 6) is -3.76. The first-order chi connectivity index (χ1) is 9.52. The lowest BCUT2D eigenvalue weighted by Crippen LogP contribution is -2.20. The van der Waals surface area contributed by atoms with Crippen molar-refractivity contribution in [3.8, 4) is 0 Å². The maximum atomic E-state index is 13.6. The zero-order valence-corrected chi connectivity index (χ0v) is 10.8. The predicted molar refractivity (Wildman–Crippen MR) is 68.2 cm³/mol. The maximum absolute atomic E-state index is 13.6. The van der Waals surface area contributed by atoms with Crippen molar-refractivity contribution in [2.45, 2.75) is 12.5 Å². The van der Waals surface area contributed by atoms with Gasteiger partial charge in [0.15, 0.2) is 23.3 Å². The maximum Gasteiger partial charge on any atom is 0.162 e. The molecule has 0 heterocycles. The Labute approximate surface area is 114 Å². The highest BCUT2D eigenvalue weighted by atomic mass is 19.2. The monoisotopic (exact) mass is 283 g/mol. The summed E-state index contributed by atoms with van der Waals surface area (Å²) in [5.41, 5.74) is 0.643. The number of hydrogen-bond acceptors (Lipinski definition) is 1. The molecule has 0 fully saturated rings. The minimum atomic E-state index is -0.970. The molecule has 2 aromatic rings. The number of halogens is 4. The highest BCUT2D eigenvalue weighted by Gasteiger charge is 2.16. The number of nitrogens with one attached hydrogen (secondary N) is 1. The number of hydrogen-bond donors (Lipinski definition) is 1. The van der Waals surface area contributed by atoms with Gasteiger partial charge < -0.3 is 5.32 Å². The molecular formula is C15H13F4N. The lowest BCUT2D eigenvalue weighted by atomic mass is 9.98. The van der Waals surface area contributed by atoms with E-state index in [2.05, 4.69) is 5.32 Å². The van der Waals surface area contributed by atoms with Crippen molar-refractivity contribution < 1.29 is 17.6 Å². The summed E-state index contributed by atoms with van der Waals surface area (Å²) in [5, 5.41) is 2.88. The first-order valence-corrected chi connectivity index (χ1v) is 6.08. The molecule has 0 bridgehead atoms. The van der Waals surface area contributed by atoms with Crippen LogP contribution in [0.25, 0.3) is 0 Å². The summed E-state index contributed by atoms with van der Waals surface area (Å²) in [6.45, 7) is 0. The van der Waals surface area contributed by atoms with Crippen LogP contribution in [-0.4, -0.2) is 7.05 Å². The Morgan fingerprint density at radius 1 is 0.950 bits per heavy atom. The summed E-state index contributed by atoms with van der Waals surface area (Å²) in [7, 11) is 1.61. The van der Waals surface area contributed by atoms with Crippen molar-refractivity contribution in [3.63, 3.8) is 0 Å². The zero-order chi connectivity index (χ0) is 14.7. The quantitative estimate of drug-likeness (QED) is 0.843. The van der Waals surface area contributed by atoms with Crippen molar-refractivity contribution in [1.29, 1.82) is 0 Å². The van der Waals surface area contributed by atoms with Gasteiger partial charge in [-0.05, 0) is 42.8 Å². The first kappa shape index (κ1) is 14.5. The van der Waals surface area contributed by atoms with Crippen LogP contribution < -0.4 is 5.32 Å². The molecule has 0 saturated carbocycles. The summed E-state index contributed by atoms with van der Waals surface area (Å²) >= 11 is 0. The molecule has 0 aromatic heterocycles. The Balaban J connectivity index is 2.28. The van der Waals surface area contributed by atoms with Crippen LogP contribution in [0.5, 0.6) is 0 Å². The molecule has 2 aromatic carbocycles. The van der Waals surface area contributed by atoms with Crippen molar-refractivity contribution in [3.05, 3.63) is 70.8 Å². The van der Waals surface area contributed by atoms with Crippen molar-refractivity contribution in [2.24, 2.45) is 0 Å². The predicted octanol–water partition coefficient (Wildman–Crippen LogP) is 3.75. The van der Waals surface area contributed by atoms with E-state index in [0.717, 1.165) is 18.2 Å². The van der Waals surface area contributed by atoms with Crippen LogP contribution in [0.4, 0.5) is 17.6 Å². The Hall–Kier alpha value is -1.88. The Morgan fingerprint density at radius 2 is 1.70 bits per heavy atom. The van der Waals surface area contributed by atoms with Gasteiger partial charge in [-0.1, -0.05) is 18.2 Å². The Morgan fingerprint density at radius 3 is 2.35 bits per heavy atom. The van der Waals surface area contributed by atoms with Gasteiger partial charge in [0.05, 0.1) is 0 Å². The molecule has 0 saturated heterocycles. The molecule has 2 rings (SSSR count). The topological polar surface area (TPSA) is 12.0 Å². The van der Waals surface area contributed by atoms with E-state index in [-0.39, 0.29) is 12.0 Å².